The van der Waals surface area contributed by atoms with Crippen LogP contribution in [0, 0.1) is 6.92 Å². The fourth-order valence-corrected chi connectivity index (χ4v) is 2.65. The van der Waals surface area contributed by atoms with Crippen molar-refractivity contribution in [1.82, 2.24) is 5.32 Å². The summed E-state index contributed by atoms with van der Waals surface area (Å²) in [6.07, 6.45) is 0. The van der Waals surface area contributed by atoms with Crippen molar-refractivity contribution in [2.24, 2.45) is 5.73 Å². The second-order valence-electron chi connectivity index (χ2n) is 6.19. The second kappa shape index (κ2) is 10.8. The highest BCUT2D eigenvalue weighted by atomic mass is 35.5. The van der Waals surface area contributed by atoms with Crippen molar-refractivity contribution in [2.75, 3.05) is 13.2 Å². The third-order valence-corrected chi connectivity index (χ3v) is 4.15. The molecule has 0 fully saturated rings. The van der Waals surface area contributed by atoms with Crippen LogP contribution in [0.2, 0.25) is 0 Å². The van der Waals surface area contributed by atoms with Gasteiger partial charge in [0.15, 0.2) is 11.5 Å². The van der Waals surface area contributed by atoms with E-state index in [-0.39, 0.29) is 24.4 Å². The Balaban J connectivity index is 0.00000364. The van der Waals surface area contributed by atoms with Crippen LogP contribution in [0.4, 0.5) is 0 Å². The van der Waals surface area contributed by atoms with Crippen molar-refractivity contribution < 1.29 is 14.3 Å². The maximum absolute atomic E-state index is 12.5. The van der Waals surface area contributed by atoms with Gasteiger partial charge in [0.2, 0.25) is 5.91 Å². The van der Waals surface area contributed by atoms with Gasteiger partial charge in [-0.2, -0.15) is 0 Å². The molecule has 0 radical (unpaired) electrons. The van der Waals surface area contributed by atoms with E-state index in [0.717, 1.165) is 16.7 Å². The summed E-state index contributed by atoms with van der Waals surface area (Å²) in [5, 5.41) is 2.97. The molecule has 0 heterocycles. The van der Waals surface area contributed by atoms with Gasteiger partial charge in [-0.05, 0) is 51.0 Å². The molecule has 0 spiro atoms. The van der Waals surface area contributed by atoms with Gasteiger partial charge < -0.3 is 20.5 Å². The van der Waals surface area contributed by atoms with Crippen LogP contribution in [0.3, 0.4) is 0 Å². The molecule has 148 valence electrons. The Bertz CT molecular complexity index is 735. The highest BCUT2D eigenvalue weighted by molar-refractivity contribution is 5.85. The smallest absolute Gasteiger partial charge is 0.241 e. The van der Waals surface area contributed by atoms with Crippen LogP contribution in [-0.2, 0) is 4.79 Å². The molecule has 27 heavy (non-hydrogen) atoms. The molecule has 0 aromatic heterocycles. The Labute approximate surface area is 167 Å². The summed E-state index contributed by atoms with van der Waals surface area (Å²) in [5.41, 5.74) is 8.96. The lowest BCUT2D eigenvalue weighted by Gasteiger charge is -2.20. The van der Waals surface area contributed by atoms with Crippen LogP contribution in [0.1, 0.15) is 49.5 Å². The monoisotopic (exact) mass is 392 g/mol. The molecule has 2 aromatic rings. The van der Waals surface area contributed by atoms with E-state index in [1.54, 1.807) is 0 Å². The van der Waals surface area contributed by atoms with Crippen LogP contribution in [0.15, 0.2) is 42.5 Å². The summed E-state index contributed by atoms with van der Waals surface area (Å²) in [5.74, 6) is 1.16. The predicted molar refractivity (Wildman–Crippen MR) is 111 cm³/mol. The van der Waals surface area contributed by atoms with Crippen molar-refractivity contribution in [3.63, 3.8) is 0 Å². The summed E-state index contributed by atoms with van der Waals surface area (Å²) >= 11 is 0. The van der Waals surface area contributed by atoms with E-state index in [9.17, 15) is 4.79 Å². The summed E-state index contributed by atoms with van der Waals surface area (Å²) < 4.78 is 11.2. The Morgan fingerprint density at radius 3 is 2.15 bits per heavy atom. The zero-order chi connectivity index (χ0) is 19.1. The Kier molecular flexibility index (Phi) is 9.12. The number of benzene rings is 2. The zero-order valence-corrected chi connectivity index (χ0v) is 17.1. The fourth-order valence-electron chi connectivity index (χ4n) is 2.65. The Morgan fingerprint density at radius 1 is 1.00 bits per heavy atom. The number of hydrogen-bond donors (Lipinski definition) is 2. The van der Waals surface area contributed by atoms with Crippen molar-refractivity contribution in [3.05, 3.63) is 59.2 Å². The van der Waals surface area contributed by atoms with Crippen molar-refractivity contribution in [2.45, 2.75) is 39.8 Å². The van der Waals surface area contributed by atoms with Crippen LogP contribution in [0.25, 0.3) is 0 Å². The van der Waals surface area contributed by atoms with Gasteiger partial charge >= 0.3 is 0 Å². The van der Waals surface area contributed by atoms with Crippen LogP contribution in [-0.4, -0.2) is 19.1 Å². The number of aryl methyl sites for hydroxylation is 1. The van der Waals surface area contributed by atoms with Crippen molar-refractivity contribution >= 4 is 18.3 Å². The molecule has 5 nitrogen and oxygen atoms in total. The minimum Gasteiger partial charge on any atom is -0.490 e. The normalized spacial score (nSPS) is 12.5. The second-order valence-corrected chi connectivity index (χ2v) is 6.19. The summed E-state index contributed by atoms with van der Waals surface area (Å²) in [6, 6.07) is 12.5. The van der Waals surface area contributed by atoms with Crippen molar-refractivity contribution in [3.8, 4) is 11.5 Å². The summed E-state index contributed by atoms with van der Waals surface area (Å²) in [7, 11) is 0. The molecule has 2 atom stereocenters. The number of nitrogens with one attached hydrogen (secondary N) is 1. The molecular formula is C21H29ClN2O3. The third-order valence-electron chi connectivity index (χ3n) is 4.15. The number of rotatable bonds is 8. The van der Waals surface area contributed by atoms with Gasteiger partial charge in [-0.3, -0.25) is 4.79 Å². The number of halogens is 1. The topological polar surface area (TPSA) is 73.6 Å². The number of hydrogen-bond acceptors (Lipinski definition) is 4. The van der Waals surface area contributed by atoms with E-state index < -0.39 is 6.04 Å². The lowest BCUT2D eigenvalue weighted by molar-refractivity contribution is -0.123. The number of carbonyl (C=O) groups is 1. The molecule has 0 aliphatic rings. The molecule has 0 bridgehead atoms. The van der Waals surface area contributed by atoms with Gasteiger partial charge in [0.25, 0.3) is 0 Å². The van der Waals surface area contributed by atoms with Gasteiger partial charge in [-0.1, -0.05) is 35.9 Å². The van der Waals surface area contributed by atoms with Crippen molar-refractivity contribution in [1.29, 1.82) is 0 Å². The lowest BCUT2D eigenvalue weighted by atomic mass is 10.0. The fraction of sp³-hybridized carbons (Fsp3) is 0.381. The van der Waals surface area contributed by atoms with E-state index in [2.05, 4.69) is 5.32 Å². The minimum atomic E-state index is -0.702. The molecule has 0 aliphatic carbocycles. The zero-order valence-electron chi connectivity index (χ0n) is 16.3. The maximum atomic E-state index is 12.5. The molecule has 0 aliphatic heterocycles. The van der Waals surface area contributed by atoms with Crippen LogP contribution < -0.4 is 20.5 Å². The highest BCUT2D eigenvalue weighted by Gasteiger charge is 2.19. The average molecular weight is 393 g/mol. The molecule has 3 N–H and O–H groups in total. The van der Waals surface area contributed by atoms with E-state index in [4.69, 9.17) is 15.2 Å². The standard InChI is InChI=1S/C21H28N2O3.ClH/c1-5-25-18-12-11-17(13-19(18)26-6-2)15(4)23-21(24)20(22)16-9-7-14(3)8-10-16;/h7-13,15,20H,5-6,22H2,1-4H3,(H,23,24);1H. The lowest BCUT2D eigenvalue weighted by Crippen LogP contribution is -2.35. The van der Waals surface area contributed by atoms with Gasteiger partial charge in [0.1, 0.15) is 6.04 Å². The molecular weight excluding hydrogens is 364 g/mol. The number of carbonyl (C=O) groups excluding carboxylic acids is 1. The number of ether oxygens (including phenoxy) is 2. The quantitative estimate of drug-likeness (QED) is 0.709. The SMILES string of the molecule is CCOc1ccc(C(C)NC(=O)C(N)c2ccc(C)cc2)cc1OCC.Cl. The summed E-state index contributed by atoms with van der Waals surface area (Å²) in [4.78, 5) is 12.5. The van der Waals surface area contributed by atoms with Gasteiger partial charge in [0.05, 0.1) is 19.3 Å². The van der Waals surface area contributed by atoms with Gasteiger partial charge in [-0.15, -0.1) is 12.4 Å². The first-order valence-corrected chi connectivity index (χ1v) is 8.98. The predicted octanol–water partition coefficient (Wildman–Crippen LogP) is 4.09. The number of amides is 1. The Morgan fingerprint density at radius 2 is 1.56 bits per heavy atom. The molecule has 2 unspecified atom stereocenters. The van der Waals surface area contributed by atoms with E-state index in [0.29, 0.717) is 24.7 Å². The number of nitrogens with two attached hydrogens (primary N) is 1. The first-order chi connectivity index (χ1) is 12.5. The first kappa shape index (κ1) is 22.8. The largest absolute Gasteiger partial charge is 0.490 e. The molecule has 0 saturated heterocycles. The van der Waals surface area contributed by atoms with Crippen LogP contribution >= 0.6 is 12.4 Å². The molecule has 6 heteroatoms. The molecule has 2 rings (SSSR count). The van der Waals surface area contributed by atoms with Gasteiger partial charge in [0, 0.05) is 0 Å². The molecule has 0 saturated carbocycles. The van der Waals surface area contributed by atoms with E-state index in [1.165, 1.54) is 0 Å². The first-order valence-electron chi connectivity index (χ1n) is 8.98. The maximum Gasteiger partial charge on any atom is 0.241 e. The van der Waals surface area contributed by atoms with Crippen LogP contribution in [0.5, 0.6) is 11.5 Å². The average Bonchev–Trinajstić information content (AvgIpc) is 2.63. The van der Waals surface area contributed by atoms with E-state index >= 15 is 0 Å². The molecule has 2 aromatic carbocycles. The minimum absolute atomic E-state index is 0. The highest BCUT2D eigenvalue weighted by Crippen LogP contribution is 2.30. The summed E-state index contributed by atoms with van der Waals surface area (Å²) in [6.45, 7) is 8.89. The van der Waals surface area contributed by atoms with Gasteiger partial charge in [-0.25, -0.2) is 0 Å². The Hall–Kier alpha value is -2.24. The van der Waals surface area contributed by atoms with E-state index in [1.807, 2.05) is 70.2 Å². The third kappa shape index (κ3) is 6.15. The molecule has 1 amide bonds.